The first-order valence-corrected chi connectivity index (χ1v) is 5.55. The highest BCUT2D eigenvalue weighted by Gasteiger charge is 2.02. The zero-order chi connectivity index (χ0) is 12.8. The van der Waals surface area contributed by atoms with Crippen LogP contribution in [0.1, 0.15) is 6.92 Å². The number of nitrogens with zero attached hydrogens (tertiary/aromatic N) is 3. The zero-order valence-electron chi connectivity index (χ0n) is 9.92. The van der Waals surface area contributed by atoms with Gasteiger partial charge in [-0.2, -0.15) is 5.26 Å². The number of rotatable bonds is 4. The normalized spacial score (nSPS) is 9.56. The Labute approximate surface area is 105 Å². The number of ether oxygens (including phenoxy) is 1. The van der Waals surface area contributed by atoms with Gasteiger partial charge in [0.05, 0.1) is 12.3 Å². The summed E-state index contributed by atoms with van der Waals surface area (Å²) in [5.41, 5.74) is 1.70. The van der Waals surface area contributed by atoms with Crippen LogP contribution in [0.2, 0.25) is 0 Å². The summed E-state index contributed by atoms with van der Waals surface area (Å²) in [4.78, 5) is 8.16. The third-order valence-corrected chi connectivity index (χ3v) is 2.28. The maximum atomic E-state index is 8.52. The van der Waals surface area contributed by atoms with Gasteiger partial charge in [0.15, 0.2) is 6.19 Å². The molecule has 0 fully saturated rings. The van der Waals surface area contributed by atoms with Crippen LogP contribution < -0.4 is 10.1 Å². The standard InChI is InChI=1S/C13H12N4O/c1-2-18-11-5-3-10(4-6-11)12-7-8-15-13(17-12)16-9-14/h3-8H,2H2,1H3,(H,15,16,17). The van der Waals surface area contributed by atoms with Gasteiger partial charge in [0.2, 0.25) is 5.95 Å². The summed E-state index contributed by atoms with van der Waals surface area (Å²) in [6, 6.07) is 9.40. The SMILES string of the molecule is CCOc1ccc(-c2ccnc(NC#N)n2)cc1. The van der Waals surface area contributed by atoms with Gasteiger partial charge in [0.25, 0.3) is 0 Å². The molecule has 0 saturated carbocycles. The fourth-order valence-electron chi connectivity index (χ4n) is 1.52. The average Bonchev–Trinajstić information content (AvgIpc) is 2.41. The first kappa shape index (κ1) is 11.9. The van der Waals surface area contributed by atoms with E-state index in [1.165, 1.54) is 0 Å². The van der Waals surface area contributed by atoms with Crippen molar-refractivity contribution in [3.8, 4) is 23.2 Å². The number of anilines is 1. The molecule has 5 nitrogen and oxygen atoms in total. The molecule has 0 spiro atoms. The van der Waals surface area contributed by atoms with E-state index in [-0.39, 0.29) is 0 Å². The highest BCUT2D eigenvalue weighted by atomic mass is 16.5. The van der Waals surface area contributed by atoms with Crippen molar-refractivity contribution in [3.63, 3.8) is 0 Å². The minimum Gasteiger partial charge on any atom is -0.494 e. The van der Waals surface area contributed by atoms with Gasteiger partial charge < -0.3 is 4.74 Å². The molecule has 1 aromatic carbocycles. The van der Waals surface area contributed by atoms with Crippen LogP contribution in [-0.2, 0) is 0 Å². The van der Waals surface area contributed by atoms with Crippen LogP contribution >= 0.6 is 0 Å². The number of hydrogen-bond donors (Lipinski definition) is 1. The van der Waals surface area contributed by atoms with E-state index >= 15 is 0 Å². The Morgan fingerprint density at radius 1 is 1.28 bits per heavy atom. The lowest BCUT2D eigenvalue weighted by molar-refractivity contribution is 0.340. The molecular weight excluding hydrogens is 228 g/mol. The molecule has 2 rings (SSSR count). The summed E-state index contributed by atoms with van der Waals surface area (Å²) in [6.07, 6.45) is 3.40. The first-order valence-electron chi connectivity index (χ1n) is 5.55. The van der Waals surface area contributed by atoms with Gasteiger partial charge in [0, 0.05) is 11.8 Å². The van der Waals surface area contributed by atoms with Crippen molar-refractivity contribution in [1.29, 1.82) is 5.26 Å². The molecule has 5 heteroatoms. The summed E-state index contributed by atoms with van der Waals surface area (Å²) in [5.74, 6) is 1.12. The minimum absolute atomic E-state index is 0.295. The predicted molar refractivity (Wildman–Crippen MR) is 67.9 cm³/mol. The molecule has 1 N–H and O–H groups in total. The molecule has 2 aromatic rings. The number of aromatic nitrogens is 2. The van der Waals surface area contributed by atoms with Gasteiger partial charge in [-0.15, -0.1) is 0 Å². The molecule has 90 valence electrons. The molecule has 0 aliphatic carbocycles. The third kappa shape index (κ3) is 2.74. The second-order valence-electron chi connectivity index (χ2n) is 3.46. The fourth-order valence-corrected chi connectivity index (χ4v) is 1.52. The highest BCUT2D eigenvalue weighted by Crippen LogP contribution is 2.21. The van der Waals surface area contributed by atoms with Crippen molar-refractivity contribution in [2.45, 2.75) is 6.92 Å². The Bertz CT molecular complexity index is 560. The van der Waals surface area contributed by atoms with Gasteiger partial charge in [-0.05, 0) is 37.3 Å². The topological polar surface area (TPSA) is 70.8 Å². The Kier molecular flexibility index (Phi) is 3.72. The van der Waals surface area contributed by atoms with Crippen molar-refractivity contribution in [3.05, 3.63) is 36.5 Å². The van der Waals surface area contributed by atoms with Gasteiger partial charge >= 0.3 is 0 Å². The van der Waals surface area contributed by atoms with Crippen molar-refractivity contribution in [1.82, 2.24) is 9.97 Å². The molecule has 18 heavy (non-hydrogen) atoms. The second kappa shape index (κ2) is 5.64. The number of nitriles is 1. The number of benzene rings is 1. The van der Waals surface area contributed by atoms with E-state index in [1.54, 1.807) is 18.5 Å². The Balaban J connectivity index is 2.25. The molecule has 0 radical (unpaired) electrons. The van der Waals surface area contributed by atoms with Gasteiger partial charge in [-0.1, -0.05) is 0 Å². The molecule has 0 aliphatic heterocycles. The van der Waals surface area contributed by atoms with Crippen molar-refractivity contribution in [2.24, 2.45) is 0 Å². The molecule has 0 saturated heterocycles. The van der Waals surface area contributed by atoms with E-state index in [4.69, 9.17) is 10.00 Å². The van der Waals surface area contributed by atoms with Crippen LogP contribution in [0.3, 0.4) is 0 Å². The van der Waals surface area contributed by atoms with E-state index in [2.05, 4.69) is 15.3 Å². The largest absolute Gasteiger partial charge is 0.494 e. The first-order chi connectivity index (χ1) is 8.83. The maximum absolute atomic E-state index is 8.52. The molecule has 0 bridgehead atoms. The van der Waals surface area contributed by atoms with E-state index in [9.17, 15) is 0 Å². The van der Waals surface area contributed by atoms with E-state index in [0.29, 0.717) is 12.6 Å². The monoisotopic (exact) mass is 240 g/mol. The molecule has 0 amide bonds. The van der Waals surface area contributed by atoms with Crippen LogP contribution in [0.15, 0.2) is 36.5 Å². The summed E-state index contributed by atoms with van der Waals surface area (Å²) >= 11 is 0. The summed E-state index contributed by atoms with van der Waals surface area (Å²) in [7, 11) is 0. The smallest absolute Gasteiger partial charge is 0.236 e. The van der Waals surface area contributed by atoms with Gasteiger partial charge in [0.1, 0.15) is 5.75 Å². The molecule has 0 unspecified atom stereocenters. The Hall–Kier alpha value is -2.61. The summed E-state index contributed by atoms with van der Waals surface area (Å²) in [5, 5.41) is 10.9. The predicted octanol–water partition coefficient (Wildman–Crippen LogP) is 2.44. The fraction of sp³-hybridized carbons (Fsp3) is 0.154. The summed E-state index contributed by atoms with van der Waals surface area (Å²) < 4.78 is 5.37. The molecule has 1 heterocycles. The van der Waals surface area contributed by atoms with Crippen LogP contribution in [-0.4, -0.2) is 16.6 Å². The van der Waals surface area contributed by atoms with E-state index in [1.807, 2.05) is 31.2 Å². The molecule has 1 aromatic heterocycles. The lowest BCUT2D eigenvalue weighted by Crippen LogP contribution is -1.96. The number of nitrogens with one attached hydrogen (secondary N) is 1. The minimum atomic E-state index is 0.295. The zero-order valence-corrected chi connectivity index (χ0v) is 9.92. The molecule has 0 aliphatic rings. The van der Waals surface area contributed by atoms with Gasteiger partial charge in [-0.25, -0.2) is 9.97 Å². The molecular formula is C13H12N4O. The van der Waals surface area contributed by atoms with Crippen LogP contribution in [0.4, 0.5) is 5.95 Å². The van der Waals surface area contributed by atoms with Crippen LogP contribution in [0.25, 0.3) is 11.3 Å². The van der Waals surface area contributed by atoms with Crippen molar-refractivity contribution < 1.29 is 4.74 Å². The van der Waals surface area contributed by atoms with E-state index in [0.717, 1.165) is 17.0 Å². The highest BCUT2D eigenvalue weighted by molar-refractivity contribution is 5.61. The lowest BCUT2D eigenvalue weighted by atomic mass is 10.1. The maximum Gasteiger partial charge on any atom is 0.236 e. The third-order valence-electron chi connectivity index (χ3n) is 2.28. The van der Waals surface area contributed by atoms with Gasteiger partial charge in [-0.3, -0.25) is 5.32 Å². The quantitative estimate of drug-likeness (QED) is 0.656. The molecule has 0 atom stereocenters. The van der Waals surface area contributed by atoms with Crippen LogP contribution in [0, 0.1) is 11.5 Å². The van der Waals surface area contributed by atoms with Crippen molar-refractivity contribution in [2.75, 3.05) is 11.9 Å². The Morgan fingerprint density at radius 3 is 2.72 bits per heavy atom. The number of hydrogen-bond acceptors (Lipinski definition) is 5. The van der Waals surface area contributed by atoms with E-state index < -0.39 is 0 Å². The average molecular weight is 240 g/mol. The lowest BCUT2D eigenvalue weighted by Gasteiger charge is -2.05. The van der Waals surface area contributed by atoms with Crippen molar-refractivity contribution >= 4 is 5.95 Å². The van der Waals surface area contributed by atoms with Crippen LogP contribution in [0.5, 0.6) is 5.75 Å². The Morgan fingerprint density at radius 2 is 2.06 bits per heavy atom. The second-order valence-corrected chi connectivity index (χ2v) is 3.46. The summed E-state index contributed by atoms with van der Waals surface area (Å²) in [6.45, 7) is 2.58.